The first-order chi connectivity index (χ1) is 12.9. The molecule has 0 radical (unpaired) electrons. The zero-order valence-electron chi connectivity index (χ0n) is 16.0. The molecule has 1 aromatic carbocycles. The number of anilines is 1. The van der Waals surface area contributed by atoms with E-state index in [0.29, 0.717) is 30.0 Å². The Bertz CT molecular complexity index is 725. The lowest BCUT2D eigenvalue weighted by molar-refractivity contribution is -0.152. The topological polar surface area (TPSA) is 84.5 Å². The Balaban J connectivity index is 1.71. The number of amides is 2. The first-order valence-corrected chi connectivity index (χ1v) is 9.86. The van der Waals surface area contributed by atoms with Crippen molar-refractivity contribution in [2.24, 2.45) is 11.8 Å². The molecule has 6 nitrogen and oxygen atoms in total. The summed E-state index contributed by atoms with van der Waals surface area (Å²) < 4.78 is 5.23. The first kappa shape index (κ1) is 19.4. The average Bonchev–Trinajstić information content (AvgIpc) is 3.40. The lowest BCUT2D eigenvalue weighted by Crippen LogP contribution is -2.56. The molecule has 2 N–H and O–H groups in total. The van der Waals surface area contributed by atoms with E-state index >= 15 is 0 Å². The number of benzene rings is 1. The van der Waals surface area contributed by atoms with Gasteiger partial charge in [0.1, 0.15) is 5.54 Å². The van der Waals surface area contributed by atoms with Crippen molar-refractivity contribution in [3.05, 3.63) is 29.8 Å². The summed E-state index contributed by atoms with van der Waals surface area (Å²) >= 11 is 0. The molecule has 2 amide bonds. The SMILES string of the molecule is CCOC(=O)C1(NC(=O)c2cccc(NC(=O)[C@@H]3C[C@H]3C)c2)CCCCC1. The number of hydrogen-bond donors (Lipinski definition) is 2. The van der Waals surface area contributed by atoms with Gasteiger partial charge in [0.15, 0.2) is 0 Å². The van der Waals surface area contributed by atoms with Gasteiger partial charge in [-0.2, -0.15) is 0 Å². The highest BCUT2D eigenvalue weighted by Crippen LogP contribution is 2.38. The van der Waals surface area contributed by atoms with Gasteiger partial charge in [-0.25, -0.2) is 4.79 Å². The third kappa shape index (κ3) is 4.49. The zero-order chi connectivity index (χ0) is 19.4. The molecule has 0 unspecified atom stereocenters. The van der Waals surface area contributed by atoms with Gasteiger partial charge >= 0.3 is 5.97 Å². The van der Waals surface area contributed by atoms with E-state index in [0.717, 1.165) is 25.7 Å². The zero-order valence-corrected chi connectivity index (χ0v) is 16.0. The Labute approximate surface area is 160 Å². The molecule has 0 aromatic heterocycles. The summed E-state index contributed by atoms with van der Waals surface area (Å²) in [5.41, 5.74) is 0.0695. The molecule has 0 spiro atoms. The molecule has 3 rings (SSSR count). The summed E-state index contributed by atoms with van der Waals surface area (Å²) in [5, 5.41) is 5.80. The minimum Gasteiger partial charge on any atom is -0.464 e. The van der Waals surface area contributed by atoms with Gasteiger partial charge in [0.25, 0.3) is 5.91 Å². The number of carbonyl (C=O) groups excluding carboxylic acids is 3. The van der Waals surface area contributed by atoms with Crippen molar-refractivity contribution in [1.29, 1.82) is 0 Å². The van der Waals surface area contributed by atoms with E-state index in [-0.39, 0.29) is 30.3 Å². The number of rotatable bonds is 6. The normalized spacial score (nSPS) is 23.2. The maximum atomic E-state index is 12.8. The number of carbonyl (C=O) groups is 3. The number of nitrogens with one attached hydrogen (secondary N) is 2. The minimum absolute atomic E-state index is 0.00432. The van der Waals surface area contributed by atoms with Crippen molar-refractivity contribution in [2.75, 3.05) is 11.9 Å². The highest BCUT2D eigenvalue weighted by Gasteiger charge is 2.42. The lowest BCUT2D eigenvalue weighted by Gasteiger charge is -2.35. The van der Waals surface area contributed by atoms with Gasteiger partial charge in [0, 0.05) is 17.2 Å². The van der Waals surface area contributed by atoms with Crippen LogP contribution in [0.15, 0.2) is 24.3 Å². The van der Waals surface area contributed by atoms with Gasteiger partial charge in [0.05, 0.1) is 6.61 Å². The van der Waals surface area contributed by atoms with Crippen LogP contribution >= 0.6 is 0 Å². The van der Waals surface area contributed by atoms with E-state index in [2.05, 4.69) is 10.6 Å². The summed E-state index contributed by atoms with van der Waals surface area (Å²) in [6.07, 6.45) is 4.91. The van der Waals surface area contributed by atoms with Crippen LogP contribution in [0.25, 0.3) is 0 Å². The van der Waals surface area contributed by atoms with Crippen LogP contribution in [0, 0.1) is 11.8 Å². The summed E-state index contributed by atoms with van der Waals surface area (Å²) in [7, 11) is 0. The molecule has 2 aliphatic rings. The summed E-state index contributed by atoms with van der Waals surface area (Å²) in [4.78, 5) is 37.5. The van der Waals surface area contributed by atoms with E-state index in [9.17, 15) is 14.4 Å². The molecule has 2 saturated carbocycles. The molecular weight excluding hydrogens is 344 g/mol. The Morgan fingerprint density at radius 3 is 2.52 bits per heavy atom. The standard InChI is InChI=1S/C21H28N2O4/c1-3-27-20(26)21(10-5-4-6-11-21)23-18(24)15-8-7-9-16(13-15)22-19(25)17-12-14(17)2/h7-9,13-14,17H,3-6,10-12H2,1-2H3,(H,22,25)(H,23,24)/t14-,17-/m1/s1. The second-order valence-electron chi connectivity index (χ2n) is 7.71. The van der Waals surface area contributed by atoms with E-state index in [1.807, 2.05) is 6.92 Å². The minimum atomic E-state index is -0.950. The van der Waals surface area contributed by atoms with Crippen LogP contribution in [-0.2, 0) is 14.3 Å². The van der Waals surface area contributed by atoms with Gasteiger partial charge < -0.3 is 15.4 Å². The molecule has 2 atom stereocenters. The van der Waals surface area contributed by atoms with Gasteiger partial charge in [-0.05, 0) is 50.3 Å². The molecule has 0 heterocycles. The van der Waals surface area contributed by atoms with E-state index in [1.165, 1.54) is 0 Å². The summed E-state index contributed by atoms with van der Waals surface area (Å²) in [6.45, 7) is 4.10. The quantitative estimate of drug-likeness (QED) is 0.751. The third-order valence-electron chi connectivity index (χ3n) is 5.56. The monoisotopic (exact) mass is 372 g/mol. The predicted octanol–water partition coefficient (Wildman–Crippen LogP) is 3.28. The molecule has 2 fully saturated rings. The van der Waals surface area contributed by atoms with Crippen LogP contribution in [0.3, 0.4) is 0 Å². The van der Waals surface area contributed by atoms with Gasteiger partial charge in [-0.3, -0.25) is 9.59 Å². The first-order valence-electron chi connectivity index (χ1n) is 9.86. The van der Waals surface area contributed by atoms with Crippen LogP contribution in [-0.4, -0.2) is 29.9 Å². The third-order valence-corrected chi connectivity index (χ3v) is 5.56. The highest BCUT2D eigenvalue weighted by molar-refractivity contribution is 6.00. The number of hydrogen-bond acceptors (Lipinski definition) is 4. The Kier molecular flexibility index (Phi) is 5.82. The average molecular weight is 372 g/mol. The van der Waals surface area contributed by atoms with Crippen molar-refractivity contribution >= 4 is 23.5 Å². The van der Waals surface area contributed by atoms with E-state index in [4.69, 9.17) is 4.74 Å². The molecule has 0 saturated heterocycles. The largest absolute Gasteiger partial charge is 0.464 e. The fraction of sp³-hybridized carbons (Fsp3) is 0.571. The van der Waals surface area contributed by atoms with Crippen molar-refractivity contribution < 1.29 is 19.1 Å². The molecule has 146 valence electrons. The molecule has 2 aliphatic carbocycles. The molecule has 27 heavy (non-hydrogen) atoms. The molecule has 6 heteroatoms. The molecule has 0 bridgehead atoms. The van der Waals surface area contributed by atoms with E-state index in [1.54, 1.807) is 31.2 Å². The van der Waals surface area contributed by atoms with Crippen LogP contribution in [0.4, 0.5) is 5.69 Å². The molecular formula is C21H28N2O4. The Hall–Kier alpha value is -2.37. The van der Waals surface area contributed by atoms with E-state index < -0.39 is 5.54 Å². The second-order valence-corrected chi connectivity index (χ2v) is 7.71. The van der Waals surface area contributed by atoms with Crippen molar-refractivity contribution in [1.82, 2.24) is 5.32 Å². The summed E-state index contributed by atoms with van der Waals surface area (Å²) in [6, 6.07) is 6.84. The maximum absolute atomic E-state index is 12.8. The van der Waals surface area contributed by atoms with Crippen molar-refractivity contribution in [3.63, 3.8) is 0 Å². The second kappa shape index (κ2) is 8.11. The predicted molar refractivity (Wildman–Crippen MR) is 102 cm³/mol. The fourth-order valence-electron chi connectivity index (χ4n) is 3.75. The number of esters is 1. The van der Waals surface area contributed by atoms with Crippen molar-refractivity contribution in [2.45, 2.75) is 57.9 Å². The molecule has 1 aromatic rings. The van der Waals surface area contributed by atoms with Crippen LogP contribution < -0.4 is 10.6 Å². The van der Waals surface area contributed by atoms with Crippen LogP contribution in [0.1, 0.15) is 62.7 Å². The maximum Gasteiger partial charge on any atom is 0.331 e. The summed E-state index contributed by atoms with van der Waals surface area (Å²) in [5.74, 6) is -0.189. The van der Waals surface area contributed by atoms with Gasteiger partial charge in [0.2, 0.25) is 5.91 Å². The van der Waals surface area contributed by atoms with Gasteiger partial charge in [-0.1, -0.05) is 32.3 Å². The van der Waals surface area contributed by atoms with Gasteiger partial charge in [-0.15, -0.1) is 0 Å². The van der Waals surface area contributed by atoms with Crippen LogP contribution in [0.5, 0.6) is 0 Å². The Morgan fingerprint density at radius 1 is 1.19 bits per heavy atom. The van der Waals surface area contributed by atoms with Crippen LogP contribution in [0.2, 0.25) is 0 Å². The fourth-order valence-corrected chi connectivity index (χ4v) is 3.75. The lowest BCUT2D eigenvalue weighted by atomic mass is 9.81. The molecule has 0 aliphatic heterocycles. The Morgan fingerprint density at radius 2 is 1.89 bits per heavy atom. The number of ether oxygens (including phenoxy) is 1. The smallest absolute Gasteiger partial charge is 0.331 e. The highest BCUT2D eigenvalue weighted by atomic mass is 16.5. The van der Waals surface area contributed by atoms with Crippen molar-refractivity contribution in [3.8, 4) is 0 Å².